The average Bonchev–Trinajstić information content (AvgIpc) is 2.89. The van der Waals surface area contributed by atoms with Gasteiger partial charge in [0.2, 0.25) is 5.88 Å². The molecule has 1 heterocycles. The van der Waals surface area contributed by atoms with E-state index < -0.39 is 0 Å². The number of nitriles is 1. The highest BCUT2D eigenvalue weighted by Crippen LogP contribution is 2.32. The third-order valence-electron chi connectivity index (χ3n) is 3.24. The van der Waals surface area contributed by atoms with Gasteiger partial charge in [0.05, 0.1) is 10.0 Å². The summed E-state index contributed by atoms with van der Waals surface area (Å²) in [5.41, 5.74) is 2.60. The van der Waals surface area contributed by atoms with Gasteiger partial charge in [0.15, 0.2) is 0 Å². The van der Waals surface area contributed by atoms with E-state index in [-0.39, 0.29) is 0 Å². The first kappa shape index (κ1) is 13.2. The summed E-state index contributed by atoms with van der Waals surface area (Å²) in [5, 5.41) is 10.1. The van der Waals surface area contributed by atoms with Crippen molar-refractivity contribution in [3.05, 3.63) is 51.1 Å². The number of aryl methyl sites for hydroxylation is 2. The maximum atomic E-state index is 9.21. The van der Waals surface area contributed by atoms with Gasteiger partial charge in [-0.2, -0.15) is 5.26 Å². The van der Waals surface area contributed by atoms with Crippen LogP contribution in [0, 0.1) is 11.3 Å². The Kier molecular flexibility index (Phi) is 3.52. The number of nitrogens with zero attached hydrogens (tertiary/aromatic N) is 2. The molecule has 5 heteroatoms. The lowest BCUT2D eigenvalue weighted by Gasteiger charge is -2.09. The maximum Gasteiger partial charge on any atom is 0.237 e. The van der Waals surface area contributed by atoms with E-state index in [1.807, 2.05) is 6.07 Å². The van der Waals surface area contributed by atoms with Crippen LogP contribution in [0.3, 0.4) is 0 Å². The SMILES string of the molecule is N#Cc1cc2c(nc1Oc1ccc(Cl)c(Cl)c1)CCC2. The molecule has 20 heavy (non-hydrogen) atoms. The van der Waals surface area contributed by atoms with E-state index in [2.05, 4.69) is 11.1 Å². The Morgan fingerprint density at radius 1 is 1.15 bits per heavy atom. The second-order valence-electron chi connectivity index (χ2n) is 4.59. The fraction of sp³-hybridized carbons (Fsp3) is 0.200. The Bertz CT molecular complexity index is 723. The summed E-state index contributed by atoms with van der Waals surface area (Å²) in [5.74, 6) is 0.841. The lowest BCUT2D eigenvalue weighted by atomic mass is 10.1. The van der Waals surface area contributed by atoms with Crippen molar-refractivity contribution >= 4 is 23.2 Å². The molecule has 1 aromatic carbocycles. The van der Waals surface area contributed by atoms with E-state index in [1.165, 1.54) is 0 Å². The molecular formula is C15H10Cl2N2O. The van der Waals surface area contributed by atoms with E-state index in [1.54, 1.807) is 18.2 Å². The van der Waals surface area contributed by atoms with Crippen molar-refractivity contribution < 1.29 is 4.74 Å². The quantitative estimate of drug-likeness (QED) is 0.818. The van der Waals surface area contributed by atoms with Gasteiger partial charge in [-0.1, -0.05) is 23.2 Å². The van der Waals surface area contributed by atoms with Gasteiger partial charge in [-0.25, -0.2) is 4.98 Å². The Labute approximate surface area is 126 Å². The number of rotatable bonds is 2. The average molecular weight is 305 g/mol. The lowest BCUT2D eigenvalue weighted by molar-refractivity contribution is 0.459. The number of hydrogen-bond donors (Lipinski definition) is 0. The minimum atomic E-state index is 0.325. The molecule has 1 aliphatic rings. The van der Waals surface area contributed by atoms with E-state index in [4.69, 9.17) is 27.9 Å². The molecule has 0 fully saturated rings. The van der Waals surface area contributed by atoms with Gasteiger partial charge >= 0.3 is 0 Å². The first-order valence-corrected chi connectivity index (χ1v) is 6.99. The van der Waals surface area contributed by atoms with Gasteiger partial charge in [-0.05, 0) is 43.0 Å². The number of ether oxygens (including phenoxy) is 1. The fourth-order valence-corrected chi connectivity index (χ4v) is 2.55. The normalized spacial score (nSPS) is 12.8. The van der Waals surface area contributed by atoms with Gasteiger partial charge in [0.1, 0.15) is 17.4 Å². The number of benzene rings is 1. The predicted molar refractivity (Wildman–Crippen MR) is 77.5 cm³/mol. The van der Waals surface area contributed by atoms with Crippen LogP contribution in [0.1, 0.15) is 23.2 Å². The van der Waals surface area contributed by atoms with E-state index in [0.717, 1.165) is 30.5 Å². The van der Waals surface area contributed by atoms with Gasteiger partial charge in [0.25, 0.3) is 0 Å². The fourth-order valence-electron chi connectivity index (χ4n) is 2.26. The summed E-state index contributed by atoms with van der Waals surface area (Å²) in [4.78, 5) is 4.45. The Morgan fingerprint density at radius 2 is 2.00 bits per heavy atom. The number of aromatic nitrogens is 1. The van der Waals surface area contributed by atoms with Crippen molar-refractivity contribution in [2.24, 2.45) is 0 Å². The van der Waals surface area contributed by atoms with Crippen molar-refractivity contribution in [1.29, 1.82) is 5.26 Å². The van der Waals surface area contributed by atoms with Gasteiger partial charge < -0.3 is 4.74 Å². The van der Waals surface area contributed by atoms with Gasteiger partial charge in [0, 0.05) is 11.8 Å². The third kappa shape index (κ3) is 2.45. The van der Waals surface area contributed by atoms with Crippen LogP contribution in [0.5, 0.6) is 11.6 Å². The monoisotopic (exact) mass is 304 g/mol. The Balaban J connectivity index is 1.98. The molecule has 0 aliphatic heterocycles. The van der Waals surface area contributed by atoms with Gasteiger partial charge in [-0.3, -0.25) is 0 Å². The second kappa shape index (κ2) is 5.32. The molecule has 0 N–H and O–H groups in total. The molecule has 0 amide bonds. The molecule has 3 nitrogen and oxygen atoms in total. The number of hydrogen-bond acceptors (Lipinski definition) is 3. The van der Waals surface area contributed by atoms with Crippen LogP contribution in [-0.2, 0) is 12.8 Å². The maximum absolute atomic E-state index is 9.21. The minimum absolute atomic E-state index is 0.325. The molecule has 0 saturated carbocycles. The molecule has 100 valence electrons. The predicted octanol–water partition coefficient (Wildman–Crippen LogP) is 4.54. The number of pyridine rings is 1. The highest BCUT2D eigenvalue weighted by molar-refractivity contribution is 6.42. The molecule has 1 aromatic heterocycles. The molecule has 0 radical (unpaired) electrons. The van der Waals surface area contributed by atoms with Crippen molar-refractivity contribution in [1.82, 2.24) is 4.98 Å². The molecule has 0 atom stereocenters. The van der Waals surface area contributed by atoms with Crippen molar-refractivity contribution in [3.8, 4) is 17.7 Å². The molecule has 0 bridgehead atoms. The largest absolute Gasteiger partial charge is 0.438 e. The lowest BCUT2D eigenvalue weighted by Crippen LogP contribution is -1.97. The second-order valence-corrected chi connectivity index (χ2v) is 5.40. The summed E-state index contributed by atoms with van der Waals surface area (Å²) < 4.78 is 5.68. The van der Waals surface area contributed by atoms with E-state index in [9.17, 15) is 5.26 Å². The van der Waals surface area contributed by atoms with Gasteiger partial charge in [-0.15, -0.1) is 0 Å². The zero-order chi connectivity index (χ0) is 14.1. The van der Waals surface area contributed by atoms with Crippen molar-refractivity contribution in [2.75, 3.05) is 0 Å². The standard InChI is InChI=1S/C15H10Cl2N2O/c16-12-5-4-11(7-13(12)17)20-15-10(8-18)6-9-2-1-3-14(9)19-15/h4-7H,1-3H2. The highest BCUT2D eigenvalue weighted by Gasteiger charge is 2.17. The van der Waals surface area contributed by atoms with Crippen LogP contribution in [-0.4, -0.2) is 4.98 Å². The van der Waals surface area contributed by atoms with Crippen LogP contribution < -0.4 is 4.74 Å². The van der Waals surface area contributed by atoms with Crippen molar-refractivity contribution in [3.63, 3.8) is 0 Å². The zero-order valence-corrected chi connectivity index (χ0v) is 12.0. The Morgan fingerprint density at radius 3 is 2.75 bits per heavy atom. The number of halogens is 2. The molecule has 1 aliphatic carbocycles. The summed E-state index contributed by atoms with van der Waals surface area (Å²) in [6.07, 6.45) is 2.98. The first-order valence-electron chi connectivity index (χ1n) is 6.23. The summed E-state index contributed by atoms with van der Waals surface area (Å²) >= 11 is 11.8. The molecule has 3 rings (SSSR count). The first-order chi connectivity index (χ1) is 9.67. The number of fused-ring (bicyclic) bond motifs is 1. The minimum Gasteiger partial charge on any atom is -0.438 e. The third-order valence-corrected chi connectivity index (χ3v) is 3.98. The molecule has 0 unspecified atom stereocenters. The van der Waals surface area contributed by atoms with Crippen LogP contribution in [0.15, 0.2) is 24.3 Å². The molecule has 0 saturated heterocycles. The zero-order valence-electron chi connectivity index (χ0n) is 10.5. The van der Waals surface area contributed by atoms with Crippen molar-refractivity contribution in [2.45, 2.75) is 19.3 Å². The van der Waals surface area contributed by atoms with Crippen LogP contribution in [0.2, 0.25) is 10.0 Å². The smallest absolute Gasteiger partial charge is 0.237 e. The summed E-state index contributed by atoms with van der Waals surface area (Å²) in [6.45, 7) is 0. The summed E-state index contributed by atoms with van der Waals surface area (Å²) in [7, 11) is 0. The van der Waals surface area contributed by atoms with Crippen LogP contribution in [0.25, 0.3) is 0 Å². The van der Waals surface area contributed by atoms with Crippen LogP contribution in [0.4, 0.5) is 0 Å². The molecular weight excluding hydrogens is 295 g/mol. The molecule has 2 aromatic rings. The molecule has 0 spiro atoms. The van der Waals surface area contributed by atoms with Crippen LogP contribution >= 0.6 is 23.2 Å². The Hall–Kier alpha value is -1.76. The van der Waals surface area contributed by atoms with E-state index >= 15 is 0 Å². The van der Waals surface area contributed by atoms with E-state index in [0.29, 0.717) is 27.2 Å². The highest BCUT2D eigenvalue weighted by atomic mass is 35.5. The topological polar surface area (TPSA) is 45.9 Å². The summed E-state index contributed by atoms with van der Waals surface area (Å²) in [6, 6.07) is 8.95.